The molecular weight excluding hydrogens is 388 g/mol. The van der Waals surface area contributed by atoms with Crippen molar-refractivity contribution in [2.45, 2.75) is 53.6 Å². The Morgan fingerprint density at radius 1 is 1.10 bits per heavy atom. The van der Waals surface area contributed by atoms with Crippen LogP contribution in [0, 0.1) is 13.8 Å². The highest BCUT2D eigenvalue weighted by atomic mass is 32.2. The number of nitrogens with one attached hydrogen (secondary N) is 1. The summed E-state index contributed by atoms with van der Waals surface area (Å²) in [6, 6.07) is 12.5. The van der Waals surface area contributed by atoms with Gasteiger partial charge in [0.2, 0.25) is 0 Å². The minimum atomic E-state index is -3.56. The smallest absolute Gasteiger partial charge is 0.322 e. The first-order valence-corrected chi connectivity index (χ1v) is 11.4. The fourth-order valence-corrected chi connectivity index (χ4v) is 3.30. The molecule has 6 nitrogen and oxygen atoms in total. The molecule has 0 aliphatic carbocycles. The molecule has 0 heterocycles. The van der Waals surface area contributed by atoms with Gasteiger partial charge in [0.1, 0.15) is 5.75 Å². The Kier molecular flexibility index (Phi) is 7.67. The normalized spacial score (nSPS) is 12.3. The number of carbonyl (C=O) groups is 1. The number of nitrogens with zero attached hydrogens (tertiary/aromatic N) is 1. The van der Waals surface area contributed by atoms with E-state index in [1.807, 2.05) is 45.9 Å². The van der Waals surface area contributed by atoms with Crippen molar-refractivity contribution >= 4 is 21.8 Å². The van der Waals surface area contributed by atoms with Gasteiger partial charge in [-0.05, 0) is 69.0 Å². The van der Waals surface area contributed by atoms with Crippen LogP contribution in [0.15, 0.2) is 42.5 Å². The zero-order valence-corrected chi connectivity index (χ0v) is 18.5. The van der Waals surface area contributed by atoms with Crippen molar-refractivity contribution in [3.8, 4) is 5.75 Å². The van der Waals surface area contributed by atoms with Gasteiger partial charge in [-0.15, -0.1) is 0 Å². The Balaban J connectivity index is 2.16. The van der Waals surface area contributed by atoms with Crippen molar-refractivity contribution in [3.05, 3.63) is 59.2 Å². The van der Waals surface area contributed by atoms with Crippen LogP contribution < -0.4 is 9.50 Å². The minimum Gasteiger partial charge on any atom is -0.382 e. The summed E-state index contributed by atoms with van der Waals surface area (Å²) in [6.07, 6.45) is 0.816. The van der Waals surface area contributed by atoms with Gasteiger partial charge in [0.15, 0.2) is 0 Å². The average Bonchev–Trinajstić information content (AvgIpc) is 2.70. The van der Waals surface area contributed by atoms with E-state index < -0.39 is 10.1 Å². The van der Waals surface area contributed by atoms with Crippen molar-refractivity contribution in [3.63, 3.8) is 0 Å². The first-order chi connectivity index (χ1) is 13.7. The van der Waals surface area contributed by atoms with Gasteiger partial charge in [-0.25, -0.2) is 4.79 Å². The molecule has 0 saturated carbocycles. The molecule has 0 aliphatic heterocycles. The van der Waals surface area contributed by atoms with E-state index in [1.165, 1.54) is 6.92 Å². The van der Waals surface area contributed by atoms with Crippen LogP contribution in [0.4, 0.5) is 10.5 Å². The standard InChI is InChI=1S/C22H30N2O4S/c1-6-17(4)24(22(25)23-21-10-8-9-16(3)18(21)5)15-19-11-13-20(14-12-19)28-29(26,27)7-2/h8-14,17H,6-7,15H2,1-5H3,(H,23,25). The molecule has 2 aromatic carbocycles. The van der Waals surface area contributed by atoms with E-state index in [1.54, 1.807) is 29.2 Å². The van der Waals surface area contributed by atoms with Crippen molar-refractivity contribution < 1.29 is 17.4 Å². The summed E-state index contributed by atoms with van der Waals surface area (Å²) in [4.78, 5) is 14.8. The first-order valence-electron chi connectivity index (χ1n) is 9.81. The largest absolute Gasteiger partial charge is 0.382 e. The molecular formula is C22H30N2O4S. The van der Waals surface area contributed by atoms with Gasteiger partial charge in [0.05, 0.1) is 5.75 Å². The van der Waals surface area contributed by atoms with Gasteiger partial charge in [-0.3, -0.25) is 0 Å². The number of hydrogen-bond donors (Lipinski definition) is 1. The molecule has 158 valence electrons. The molecule has 0 radical (unpaired) electrons. The van der Waals surface area contributed by atoms with E-state index in [9.17, 15) is 13.2 Å². The van der Waals surface area contributed by atoms with Crippen molar-refractivity contribution in [1.29, 1.82) is 0 Å². The number of benzene rings is 2. The molecule has 0 aromatic heterocycles. The summed E-state index contributed by atoms with van der Waals surface area (Å²) < 4.78 is 28.2. The van der Waals surface area contributed by atoms with E-state index in [0.29, 0.717) is 6.54 Å². The predicted octanol–water partition coefficient (Wildman–Crippen LogP) is 4.86. The van der Waals surface area contributed by atoms with E-state index in [0.717, 1.165) is 28.8 Å². The number of anilines is 1. The Morgan fingerprint density at radius 2 is 1.76 bits per heavy atom. The highest BCUT2D eigenvalue weighted by Gasteiger charge is 2.20. The Hall–Kier alpha value is -2.54. The molecule has 0 saturated heterocycles. The zero-order chi connectivity index (χ0) is 21.6. The maximum absolute atomic E-state index is 13.0. The molecule has 0 bridgehead atoms. The molecule has 0 aliphatic rings. The lowest BCUT2D eigenvalue weighted by atomic mass is 10.1. The SMILES string of the molecule is CCC(C)N(Cc1ccc(OS(=O)(=O)CC)cc1)C(=O)Nc1cccc(C)c1C. The topological polar surface area (TPSA) is 75.7 Å². The van der Waals surface area contributed by atoms with Gasteiger partial charge in [-0.1, -0.05) is 31.2 Å². The molecule has 29 heavy (non-hydrogen) atoms. The Bertz CT molecular complexity index is 940. The molecule has 0 fully saturated rings. The third-order valence-electron chi connectivity index (χ3n) is 5.08. The number of aryl methyl sites for hydroxylation is 1. The monoisotopic (exact) mass is 418 g/mol. The van der Waals surface area contributed by atoms with Gasteiger partial charge in [0.25, 0.3) is 0 Å². The molecule has 0 spiro atoms. The highest BCUT2D eigenvalue weighted by Crippen LogP contribution is 2.21. The minimum absolute atomic E-state index is 0.0384. The highest BCUT2D eigenvalue weighted by molar-refractivity contribution is 7.87. The van der Waals surface area contributed by atoms with Gasteiger partial charge >= 0.3 is 16.1 Å². The van der Waals surface area contributed by atoms with E-state index >= 15 is 0 Å². The summed E-state index contributed by atoms with van der Waals surface area (Å²) in [5, 5.41) is 3.02. The van der Waals surface area contributed by atoms with Crippen LogP contribution in [-0.4, -0.2) is 31.1 Å². The second-order valence-corrected chi connectivity index (χ2v) is 9.00. The van der Waals surface area contributed by atoms with Crippen LogP contribution in [0.2, 0.25) is 0 Å². The van der Waals surface area contributed by atoms with Crippen LogP contribution in [0.1, 0.15) is 43.9 Å². The van der Waals surface area contributed by atoms with Crippen LogP contribution >= 0.6 is 0 Å². The van der Waals surface area contributed by atoms with Crippen molar-refractivity contribution in [2.24, 2.45) is 0 Å². The summed E-state index contributed by atoms with van der Waals surface area (Å²) in [5.41, 5.74) is 3.86. The molecule has 1 atom stereocenters. The van der Waals surface area contributed by atoms with Crippen molar-refractivity contribution in [1.82, 2.24) is 4.90 Å². The maximum atomic E-state index is 13.0. The second kappa shape index (κ2) is 9.78. The summed E-state index contributed by atoms with van der Waals surface area (Å²) in [6.45, 7) is 9.99. The third kappa shape index (κ3) is 6.22. The van der Waals surface area contributed by atoms with Crippen LogP contribution in [0.25, 0.3) is 0 Å². The number of urea groups is 1. The lowest BCUT2D eigenvalue weighted by molar-refractivity contribution is 0.187. The van der Waals surface area contributed by atoms with Crippen LogP contribution in [0.3, 0.4) is 0 Å². The number of hydrogen-bond acceptors (Lipinski definition) is 4. The van der Waals surface area contributed by atoms with Gasteiger partial charge in [0, 0.05) is 18.3 Å². The van der Waals surface area contributed by atoms with Gasteiger partial charge in [-0.2, -0.15) is 8.42 Å². The molecule has 7 heteroatoms. The summed E-state index contributed by atoms with van der Waals surface area (Å²) in [7, 11) is -3.56. The number of rotatable bonds is 8. The van der Waals surface area contributed by atoms with Crippen LogP contribution in [0.5, 0.6) is 5.75 Å². The summed E-state index contributed by atoms with van der Waals surface area (Å²) >= 11 is 0. The fourth-order valence-electron chi connectivity index (χ4n) is 2.77. The number of carbonyl (C=O) groups excluding carboxylic acids is 1. The maximum Gasteiger partial charge on any atom is 0.322 e. The predicted molar refractivity (Wildman–Crippen MR) is 117 cm³/mol. The van der Waals surface area contributed by atoms with Gasteiger partial charge < -0.3 is 14.4 Å². The molecule has 2 aromatic rings. The van der Waals surface area contributed by atoms with E-state index in [2.05, 4.69) is 5.32 Å². The summed E-state index contributed by atoms with van der Waals surface area (Å²) in [5.74, 6) is 0.181. The quantitative estimate of drug-likeness (QED) is 0.621. The van der Waals surface area contributed by atoms with E-state index in [4.69, 9.17) is 4.18 Å². The molecule has 2 rings (SSSR count). The molecule has 1 N–H and O–H groups in total. The fraction of sp³-hybridized carbons (Fsp3) is 0.409. The van der Waals surface area contributed by atoms with E-state index in [-0.39, 0.29) is 23.6 Å². The average molecular weight is 419 g/mol. The Labute approximate surface area is 174 Å². The molecule has 1 unspecified atom stereocenters. The molecule has 2 amide bonds. The first kappa shape index (κ1) is 22.7. The van der Waals surface area contributed by atoms with Crippen LogP contribution in [-0.2, 0) is 16.7 Å². The third-order valence-corrected chi connectivity index (χ3v) is 6.24. The lowest BCUT2D eigenvalue weighted by Crippen LogP contribution is -2.40. The van der Waals surface area contributed by atoms with Crippen molar-refractivity contribution in [2.75, 3.05) is 11.1 Å². The number of amides is 2. The lowest BCUT2D eigenvalue weighted by Gasteiger charge is -2.29. The Morgan fingerprint density at radius 3 is 2.34 bits per heavy atom. The zero-order valence-electron chi connectivity index (χ0n) is 17.7. The second-order valence-electron chi connectivity index (χ2n) is 7.14.